The first-order valence-electron chi connectivity index (χ1n) is 4.57. The summed E-state index contributed by atoms with van der Waals surface area (Å²) in [6, 6.07) is 10.5. The molecule has 2 nitrogen and oxygen atoms in total. The van der Waals surface area contributed by atoms with Crippen LogP contribution in [0, 0.1) is 6.04 Å². The van der Waals surface area contributed by atoms with Crippen molar-refractivity contribution in [2.24, 2.45) is 0 Å². The van der Waals surface area contributed by atoms with Gasteiger partial charge >= 0.3 is 0 Å². The van der Waals surface area contributed by atoms with Gasteiger partial charge in [0, 0.05) is 5.56 Å². The molecule has 2 heteroatoms. The van der Waals surface area contributed by atoms with Crippen LogP contribution in [0.4, 0.5) is 0 Å². The highest BCUT2D eigenvalue weighted by molar-refractivity contribution is 5.94. The minimum absolute atomic E-state index is 0.0234. The highest BCUT2D eigenvalue weighted by Crippen LogP contribution is 2.25. The average Bonchev–Trinajstić information content (AvgIpc) is 2.12. The lowest BCUT2D eigenvalue weighted by Gasteiger charge is -2.25. The van der Waals surface area contributed by atoms with Crippen molar-refractivity contribution < 1.29 is 4.79 Å². The van der Waals surface area contributed by atoms with Crippen molar-refractivity contribution in [1.29, 1.82) is 0 Å². The molecule has 0 bridgehead atoms. The second-order valence-electron chi connectivity index (χ2n) is 3.28. The van der Waals surface area contributed by atoms with Crippen LogP contribution in [-0.2, 0) is 0 Å². The summed E-state index contributed by atoms with van der Waals surface area (Å²) in [7, 11) is 0. The smallest absolute Gasteiger partial charge is 0.251 e. The second kappa shape index (κ2) is 3.60. The largest absolute Gasteiger partial charge is 0.344 e. The molecule has 0 heterocycles. The molecular weight excluding hydrogens is 162 g/mol. The minimum Gasteiger partial charge on any atom is -0.344 e. The summed E-state index contributed by atoms with van der Waals surface area (Å²) in [6.45, 7) is 0. The molecule has 1 N–H and O–H groups in total. The summed E-state index contributed by atoms with van der Waals surface area (Å²) >= 11 is 0. The van der Waals surface area contributed by atoms with Gasteiger partial charge in [-0.2, -0.15) is 0 Å². The molecule has 13 heavy (non-hydrogen) atoms. The van der Waals surface area contributed by atoms with E-state index < -0.39 is 0 Å². The van der Waals surface area contributed by atoms with Gasteiger partial charge in [-0.3, -0.25) is 4.79 Å². The molecule has 2 rings (SSSR count). The maximum atomic E-state index is 11.5. The number of rotatable bonds is 2. The Morgan fingerprint density at radius 3 is 2.38 bits per heavy atom. The average molecular weight is 174 g/mol. The molecule has 67 valence electrons. The van der Waals surface area contributed by atoms with E-state index in [1.165, 1.54) is 12.5 Å². The van der Waals surface area contributed by atoms with Crippen LogP contribution in [0.2, 0.25) is 0 Å². The van der Waals surface area contributed by atoms with Gasteiger partial charge in [-0.05, 0) is 31.4 Å². The Labute approximate surface area is 78.0 Å². The van der Waals surface area contributed by atoms with E-state index >= 15 is 0 Å². The van der Waals surface area contributed by atoms with Gasteiger partial charge < -0.3 is 5.32 Å². The number of benzene rings is 1. The molecule has 0 atom stereocenters. The summed E-state index contributed by atoms with van der Waals surface area (Å²) in [5.74, 6) is 0.0234. The highest BCUT2D eigenvalue weighted by atomic mass is 16.1. The van der Waals surface area contributed by atoms with Gasteiger partial charge in [0.15, 0.2) is 0 Å². The fourth-order valence-electron chi connectivity index (χ4n) is 1.30. The van der Waals surface area contributed by atoms with E-state index in [1.807, 2.05) is 30.3 Å². The van der Waals surface area contributed by atoms with Crippen LogP contribution in [0.3, 0.4) is 0 Å². The predicted octanol–water partition coefficient (Wildman–Crippen LogP) is 2.13. The molecule has 0 unspecified atom stereocenters. The van der Waals surface area contributed by atoms with E-state index in [2.05, 4.69) is 5.32 Å². The van der Waals surface area contributed by atoms with E-state index in [0.717, 1.165) is 18.4 Å². The molecule has 1 aromatic rings. The van der Waals surface area contributed by atoms with Crippen LogP contribution in [0.25, 0.3) is 0 Å². The second-order valence-corrected chi connectivity index (χ2v) is 3.28. The maximum absolute atomic E-state index is 11.5. The van der Waals surface area contributed by atoms with Gasteiger partial charge in [0.25, 0.3) is 5.91 Å². The first-order valence-corrected chi connectivity index (χ1v) is 4.57. The summed E-state index contributed by atoms with van der Waals surface area (Å²) < 4.78 is 0. The van der Waals surface area contributed by atoms with E-state index in [0.29, 0.717) is 0 Å². The molecular formula is C11H12NO. The zero-order valence-corrected chi connectivity index (χ0v) is 7.42. The fraction of sp³-hybridized carbons (Fsp3) is 0.273. The lowest BCUT2D eigenvalue weighted by molar-refractivity contribution is 0.0946. The lowest BCUT2D eigenvalue weighted by Crippen LogP contribution is -2.32. The third-order valence-electron chi connectivity index (χ3n) is 2.28. The van der Waals surface area contributed by atoms with Crippen molar-refractivity contribution in [3.63, 3.8) is 0 Å². The van der Waals surface area contributed by atoms with Crippen molar-refractivity contribution in [2.45, 2.75) is 19.3 Å². The normalized spacial score (nSPS) is 16.3. The summed E-state index contributed by atoms with van der Waals surface area (Å²) in [5.41, 5.74) is 0.738. The predicted molar refractivity (Wildman–Crippen MR) is 51.0 cm³/mol. The zero-order chi connectivity index (χ0) is 9.10. The standard InChI is InChI=1S/C11H12NO/c13-11(12-10-7-4-8-10)9-5-2-1-3-6-9/h1-3,5-6H,4,7-8H2,(H,12,13). The number of amides is 1. The fourth-order valence-corrected chi connectivity index (χ4v) is 1.30. The van der Waals surface area contributed by atoms with Gasteiger partial charge in [0.1, 0.15) is 0 Å². The van der Waals surface area contributed by atoms with Crippen LogP contribution in [0.1, 0.15) is 29.6 Å². The van der Waals surface area contributed by atoms with Crippen molar-refractivity contribution in [1.82, 2.24) is 5.32 Å². The Morgan fingerprint density at radius 2 is 1.85 bits per heavy atom. The van der Waals surface area contributed by atoms with Crippen LogP contribution in [0.15, 0.2) is 30.3 Å². The molecule has 1 aliphatic rings. The van der Waals surface area contributed by atoms with Crippen molar-refractivity contribution >= 4 is 5.91 Å². The van der Waals surface area contributed by atoms with E-state index in [1.54, 1.807) is 0 Å². The minimum atomic E-state index is 0.0234. The molecule has 1 radical (unpaired) electrons. The van der Waals surface area contributed by atoms with Gasteiger partial charge in [-0.15, -0.1) is 0 Å². The van der Waals surface area contributed by atoms with Crippen LogP contribution >= 0.6 is 0 Å². The summed E-state index contributed by atoms with van der Waals surface area (Å²) in [5, 5.41) is 2.91. The first-order chi connectivity index (χ1) is 6.36. The highest BCUT2D eigenvalue weighted by Gasteiger charge is 2.20. The summed E-state index contributed by atoms with van der Waals surface area (Å²) in [4.78, 5) is 11.5. The van der Waals surface area contributed by atoms with Crippen LogP contribution in [-0.4, -0.2) is 5.91 Å². The Bertz CT molecular complexity index is 290. The zero-order valence-electron chi connectivity index (χ0n) is 7.42. The lowest BCUT2D eigenvalue weighted by atomic mass is 9.93. The monoisotopic (exact) mass is 174 g/mol. The number of carbonyl (C=O) groups excluding carboxylic acids is 1. The van der Waals surface area contributed by atoms with Crippen LogP contribution in [0.5, 0.6) is 0 Å². The van der Waals surface area contributed by atoms with Crippen molar-refractivity contribution in [2.75, 3.05) is 0 Å². The molecule has 1 aliphatic carbocycles. The maximum Gasteiger partial charge on any atom is 0.251 e. The first kappa shape index (κ1) is 8.30. The quantitative estimate of drug-likeness (QED) is 0.731. The summed E-state index contributed by atoms with van der Waals surface area (Å²) in [6.07, 6.45) is 3.32. The molecule has 1 saturated carbocycles. The third kappa shape index (κ3) is 1.89. The van der Waals surface area contributed by atoms with Gasteiger partial charge in [0.2, 0.25) is 0 Å². The van der Waals surface area contributed by atoms with Crippen molar-refractivity contribution in [3.05, 3.63) is 41.9 Å². The molecule has 1 amide bonds. The molecule has 1 fully saturated rings. The van der Waals surface area contributed by atoms with Crippen molar-refractivity contribution in [3.8, 4) is 0 Å². The van der Waals surface area contributed by atoms with Gasteiger partial charge in [-0.25, -0.2) is 0 Å². The van der Waals surface area contributed by atoms with Crippen LogP contribution < -0.4 is 5.32 Å². The molecule has 0 aromatic heterocycles. The Kier molecular flexibility index (Phi) is 2.30. The Balaban J connectivity index is 1.97. The molecule has 0 saturated heterocycles. The topological polar surface area (TPSA) is 29.1 Å². The molecule has 0 aliphatic heterocycles. The third-order valence-corrected chi connectivity index (χ3v) is 2.28. The van der Waals surface area contributed by atoms with Gasteiger partial charge in [-0.1, -0.05) is 18.2 Å². The van der Waals surface area contributed by atoms with E-state index in [-0.39, 0.29) is 5.91 Å². The number of hydrogen-bond donors (Lipinski definition) is 1. The Hall–Kier alpha value is -1.31. The number of carbonyl (C=O) groups is 1. The Morgan fingerprint density at radius 1 is 1.15 bits per heavy atom. The van der Waals surface area contributed by atoms with Gasteiger partial charge in [0.05, 0.1) is 6.04 Å². The van der Waals surface area contributed by atoms with E-state index in [9.17, 15) is 4.79 Å². The molecule has 1 aromatic carbocycles. The van der Waals surface area contributed by atoms with E-state index in [4.69, 9.17) is 0 Å². The SMILES string of the molecule is O=C(N[C]1CCC1)c1ccccc1. The number of nitrogens with one attached hydrogen (secondary N) is 1. The number of hydrogen-bond acceptors (Lipinski definition) is 1. The molecule has 0 spiro atoms.